The second-order valence-electron chi connectivity index (χ2n) is 6.35. The molecule has 0 aliphatic carbocycles. The first-order valence-corrected chi connectivity index (χ1v) is 8.31. The Morgan fingerprint density at radius 3 is 2.36 bits per heavy atom. The maximum atomic E-state index is 12.4. The van der Waals surface area contributed by atoms with Gasteiger partial charge in [0.25, 0.3) is 5.91 Å². The molecule has 3 rings (SSSR count). The van der Waals surface area contributed by atoms with Crippen LogP contribution >= 0.6 is 0 Å². The molecule has 0 unspecified atom stereocenters. The Balaban J connectivity index is 1.72. The van der Waals surface area contributed by atoms with Crippen LogP contribution in [0, 0.1) is 20.8 Å². The minimum Gasteiger partial charge on any atom is -0.345 e. The Kier molecular flexibility index (Phi) is 4.65. The third kappa shape index (κ3) is 3.76. The van der Waals surface area contributed by atoms with Crippen molar-refractivity contribution >= 4 is 5.91 Å². The van der Waals surface area contributed by atoms with Crippen LogP contribution in [0.1, 0.15) is 45.8 Å². The van der Waals surface area contributed by atoms with Crippen LogP contribution in [-0.2, 0) is 0 Å². The number of amides is 1. The molecule has 0 aliphatic rings. The molecule has 5 heteroatoms. The minimum atomic E-state index is -0.138. The van der Waals surface area contributed by atoms with Crippen molar-refractivity contribution in [2.75, 3.05) is 0 Å². The SMILES string of the molecule is Cc1ccc([C@H](C)NC(=O)c2ccc(-n3nc(C)cc3C)nc2)cc1. The lowest BCUT2D eigenvalue weighted by Gasteiger charge is -2.14. The number of hydrogen-bond acceptors (Lipinski definition) is 3. The second-order valence-corrected chi connectivity index (χ2v) is 6.35. The normalized spacial score (nSPS) is 12.0. The Labute approximate surface area is 147 Å². The van der Waals surface area contributed by atoms with Gasteiger partial charge in [0.15, 0.2) is 5.82 Å². The topological polar surface area (TPSA) is 59.8 Å². The van der Waals surface area contributed by atoms with Crippen LogP contribution < -0.4 is 5.32 Å². The van der Waals surface area contributed by atoms with Crippen LogP contribution in [0.15, 0.2) is 48.7 Å². The summed E-state index contributed by atoms with van der Waals surface area (Å²) in [7, 11) is 0. The van der Waals surface area contributed by atoms with E-state index < -0.39 is 0 Å². The van der Waals surface area contributed by atoms with Crippen LogP contribution in [0.5, 0.6) is 0 Å². The summed E-state index contributed by atoms with van der Waals surface area (Å²) < 4.78 is 1.77. The molecule has 0 fully saturated rings. The van der Waals surface area contributed by atoms with Gasteiger partial charge in [-0.05, 0) is 51.5 Å². The van der Waals surface area contributed by atoms with Crippen molar-refractivity contribution in [3.8, 4) is 5.82 Å². The van der Waals surface area contributed by atoms with Crippen molar-refractivity contribution in [3.05, 3.63) is 76.7 Å². The van der Waals surface area contributed by atoms with Gasteiger partial charge in [0.05, 0.1) is 17.3 Å². The molecule has 0 saturated heterocycles. The number of carbonyl (C=O) groups excluding carboxylic acids is 1. The third-order valence-corrected chi connectivity index (χ3v) is 4.16. The minimum absolute atomic E-state index is 0.0659. The predicted octanol–water partition coefficient (Wildman–Crippen LogP) is 3.68. The molecule has 2 aromatic heterocycles. The molecule has 0 bridgehead atoms. The second kappa shape index (κ2) is 6.89. The van der Waals surface area contributed by atoms with Crippen LogP contribution in [0.25, 0.3) is 5.82 Å². The highest BCUT2D eigenvalue weighted by molar-refractivity contribution is 5.94. The maximum Gasteiger partial charge on any atom is 0.253 e. The molecule has 1 atom stereocenters. The Morgan fingerprint density at radius 1 is 1.08 bits per heavy atom. The summed E-state index contributed by atoms with van der Waals surface area (Å²) in [6, 6.07) is 13.7. The monoisotopic (exact) mass is 334 g/mol. The zero-order valence-electron chi connectivity index (χ0n) is 14.9. The van der Waals surface area contributed by atoms with E-state index in [-0.39, 0.29) is 11.9 Å². The van der Waals surface area contributed by atoms with Gasteiger partial charge in [-0.3, -0.25) is 4.79 Å². The zero-order valence-corrected chi connectivity index (χ0v) is 14.9. The molecule has 2 heterocycles. The Hall–Kier alpha value is -2.95. The summed E-state index contributed by atoms with van der Waals surface area (Å²) in [5.41, 5.74) is 4.75. The van der Waals surface area contributed by atoms with Gasteiger partial charge in [-0.1, -0.05) is 29.8 Å². The largest absolute Gasteiger partial charge is 0.345 e. The third-order valence-electron chi connectivity index (χ3n) is 4.16. The molecule has 0 radical (unpaired) electrons. The van der Waals surface area contributed by atoms with E-state index in [0.29, 0.717) is 11.4 Å². The van der Waals surface area contributed by atoms with Gasteiger partial charge in [0.1, 0.15) is 0 Å². The van der Waals surface area contributed by atoms with Crippen molar-refractivity contribution in [2.24, 2.45) is 0 Å². The molecular formula is C20H22N4O. The number of aryl methyl sites for hydroxylation is 3. The van der Waals surface area contributed by atoms with E-state index >= 15 is 0 Å². The van der Waals surface area contributed by atoms with Crippen molar-refractivity contribution in [1.29, 1.82) is 0 Å². The number of pyridine rings is 1. The van der Waals surface area contributed by atoms with Crippen LogP contribution in [0.3, 0.4) is 0 Å². The summed E-state index contributed by atoms with van der Waals surface area (Å²) >= 11 is 0. The lowest BCUT2D eigenvalue weighted by Crippen LogP contribution is -2.26. The molecule has 0 spiro atoms. The average Bonchev–Trinajstić information content (AvgIpc) is 2.94. The van der Waals surface area contributed by atoms with Crippen LogP contribution in [-0.4, -0.2) is 20.7 Å². The zero-order chi connectivity index (χ0) is 18.0. The average molecular weight is 334 g/mol. The number of nitrogens with zero attached hydrogens (tertiary/aromatic N) is 3. The number of nitrogens with one attached hydrogen (secondary N) is 1. The van der Waals surface area contributed by atoms with E-state index in [1.54, 1.807) is 16.9 Å². The number of aromatic nitrogens is 3. The summed E-state index contributed by atoms with van der Waals surface area (Å²) in [6.07, 6.45) is 1.59. The molecule has 1 amide bonds. The van der Waals surface area contributed by atoms with Gasteiger partial charge in [0, 0.05) is 11.9 Å². The van der Waals surface area contributed by atoms with Gasteiger partial charge in [0.2, 0.25) is 0 Å². The van der Waals surface area contributed by atoms with Crippen LogP contribution in [0.2, 0.25) is 0 Å². The first-order chi connectivity index (χ1) is 11.9. The molecular weight excluding hydrogens is 312 g/mol. The lowest BCUT2D eigenvalue weighted by molar-refractivity contribution is 0.0939. The van der Waals surface area contributed by atoms with E-state index in [1.807, 2.05) is 64.1 Å². The highest BCUT2D eigenvalue weighted by Crippen LogP contribution is 2.15. The molecule has 1 aromatic carbocycles. The first-order valence-electron chi connectivity index (χ1n) is 8.31. The molecule has 25 heavy (non-hydrogen) atoms. The fraction of sp³-hybridized carbons (Fsp3) is 0.250. The molecule has 0 saturated carbocycles. The van der Waals surface area contributed by atoms with Crippen molar-refractivity contribution in [1.82, 2.24) is 20.1 Å². The van der Waals surface area contributed by atoms with Gasteiger partial charge in [-0.15, -0.1) is 0 Å². The van der Waals surface area contributed by atoms with Gasteiger partial charge in [-0.25, -0.2) is 9.67 Å². The molecule has 1 N–H and O–H groups in total. The first kappa shape index (κ1) is 16.9. The summed E-state index contributed by atoms with van der Waals surface area (Å²) in [4.78, 5) is 16.8. The van der Waals surface area contributed by atoms with Crippen LogP contribution in [0.4, 0.5) is 0 Å². The van der Waals surface area contributed by atoms with E-state index in [4.69, 9.17) is 0 Å². The molecule has 5 nitrogen and oxygen atoms in total. The number of rotatable bonds is 4. The molecule has 128 valence electrons. The maximum absolute atomic E-state index is 12.4. The van der Waals surface area contributed by atoms with Crippen molar-refractivity contribution < 1.29 is 4.79 Å². The smallest absolute Gasteiger partial charge is 0.253 e. The quantitative estimate of drug-likeness (QED) is 0.792. The predicted molar refractivity (Wildman–Crippen MR) is 97.9 cm³/mol. The summed E-state index contributed by atoms with van der Waals surface area (Å²) in [6.45, 7) is 7.94. The molecule has 0 aliphatic heterocycles. The van der Waals surface area contributed by atoms with Gasteiger partial charge >= 0.3 is 0 Å². The van der Waals surface area contributed by atoms with E-state index in [2.05, 4.69) is 15.4 Å². The Bertz CT molecular complexity index is 879. The fourth-order valence-corrected chi connectivity index (χ4v) is 2.72. The van der Waals surface area contributed by atoms with E-state index in [0.717, 1.165) is 17.0 Å². The number of benzene rings is 1. The summed E-state index contributed by atoms with van der Waals surface area (Å²) in [5, 5.41) is 7.41. The fourth-order valence-electron chi connectivity index (χ4n) is 2.72. The van der Waals surface area contributed by atoms with E-state index in [1.165, 1.54) is 5.56 Å². The van der Waals surface area contributed by atoms with Crippen molar-refractivity contribution in [3.63, 3.8) is 0 Å². The van der Waals surface area contributed by atoms with Gasteiger partial charge < -0.3 is 5.32 Å². The molecule has 3 aromatic rings. The summed E-state index contributed by atoms with van der Waals surface area (Å²) in [5.74, 6) is 0.564. The number of hydrogen-bond donors (Lipinski definition) is 1. The van der Waals surface area contributed by atoms with E-state index in [9.17, 15) is 4.79 Å². The standard InChI is InChI=1S/C20H22N4O/c1-13-5-7-17(8-6-13)16(4)22-20(25)18-9-10-19(21-12-18)24-15(3)11-14(2)23-24/h5-12,16H,1-4H3,(H,22,25)/t16-/m0/s1. The Morgan fingerprint density at radius 2 is 1.80 bits per heavy atom. The lowest BCUT2D eigenvalue weighted by atomic mass is 10.1. The highest BCUT2D eigenvalue weighted by atomic mass is 16.1. The van der Waals surface area contributed by atoms with Gasteiger partial charge in [-0.2, -0.15) is 5.10 Å². The number of carbonyl (C=O) groups is 1. The van der Waals surface area contributed by atoms with Crippen molar-refractivity contribution in [2.45, 2.75) is 33.7 Å². The highest BCUT2D eigenvalue weighted by Gasteiger charge is 2.12.